The smallest absolute Gasteiger partial charge is 0.326 e. The van der Waals surface area contributed by atoms with E-state index in [4.69, 9.17) is 0 Å². The van der Waals surface area contributed by atoms with Crippen molar-refractivity contribution in [2.45, 2.75) is 13.5 Å². The SMILES string of the molecule is Cc1[nH]c(=O)n(C)c(=O)c1N(C(=O)C=O)c1cn(Cc2ccc(F)cc2)c2ncccc12. The third-order valence-electron chi connectivity index (χ3n) is 5.13. The number of anilines is 2. The maximum absolute atomic E-state index is 13.3. The molecule has 0 bridgehead atoms. The van der Waals surface area contributed by atoms with Crippen LogP contribution in [0.5, 0.6) is 0 Å². The van der Waals surface area contributed by atoms with Crippen LogP contribution in [0.25, 0.3) is 11.0 Å². The molecule has 9 nitrogen and oxygen atoms in total. The van der Waals surface area contributed by atoms with Gasteiger partial charge in [0, 0.05) is 37.1 Å². The summed E-state index contributed by atoms with van der Waals surface area (Å²) in [7, 11) is 1.27. The van der Waals surface area contributed by atoms with Crippen LogP contribution in [0.4, 0.5) is 15.8 Å². The van der Waals surface area contributed by atoms with Crippen molar-refractivity contribution in [1.29, 1.82) is 0 Å². The molecule has 0 saturated carbocycles. The van der Waals surface area contributed by atoms with Crippen molar-refractivity contribution < 1.29 is 14.0 Å². The second-order valence-corrected chi connectivity index (χ2v) is 7.20. The molecule has 0 saturated heterocycles. The molecular weight excluding hydrogens is 417 g/mol. The van der Waals surface area contributed by atoms with Gasteiger partial charge in [-0.25, -0.2) is 14.2 Å². The van der Waals surface area contributed by atoms with Gasteiger partial charge in [0.2, 0.25) is 6.29 Å². The van der Waals surface area contributed by atoms with Gasteiger partial charge in [-0.15, -0.1) is 0 Å². The van der Waals surface area contributed by atoms with Crippen molar-refractivity contribution >= 4 is 34.6 Å². The molecule has 0 atom stereocenters. The first-order chi connectivity index (χ1) is 15.3. The lowest BCUT2D eigenvalue weighted by atomic mass is 10.2. The van der Waals surface area contributed by atoms with Gasteiger partial charge < -0.3 is 9.55 Å². The summed E-state index contributed by atoms with van der Waals surface area (Å²) in [6, 6.07) is 9.29. The van der Waals surface area contributed by atoms with Gasteiger partial charge >= 0.3 is 5.69 Å². The minimum Gasteiger partial charge on any atom is -0.326 e. The number of fused-ring (bicyclic) bond motifs is 1. The highest BCUT2D eigenvalue weighted by atomic mass is 19.1. The van der Waals surface area contributed by atoms with Gasteiger partial charge in [0.25, 0.3) is 11.5 Å². The van der Waals surface area contributed by atoms with Crippen molar-refractivity contribution in [3.63, 3.8) is 0 Å². The molecule has 0 aliphatic heterocycles. The number of pyridine rings is 1. The summed E-state index contributed by atoms with van der Waals surface area (Å²) in [4.78, 5) is 56.9. The fourth-order valence-electron chi connectivity index (χ4n) is 3.57. The molecule has 4 rings (SSSR count). The van der Waals surface area contributed by atoms with Gasteiger partial charge in [-0.2, -0.15) is 0 Å². The largest absolute Gasteiger partial charge is 0.328 e. The molecule has 1 N–H and O–H groups in total. The normalized spacial score (nSPS) is 11.0. The first kappa shape index (κ1) is 20.9. The molecule has 0 fully saturated rings. The number of benzene rings is 1. The highest BCUT2D eigenvalue weighted by Crippen LogP contribution is 2.33. The molecule has 3 heterocycles. The maximum atomic E-state index is 13.3. The summed E-state index contributed by atoms with van der Waals surface area (Å²) in [6.45, 7) is 1.78. The van der Waals surface area contributed by atoms with Crippen molar-refractivity contribution in [3.8, 4) is 0 Å². The first-order valence-electron chi connectivity index (χ1n) is 9.59. The number of carbonyl (C=O) groups is 2. The molecule has 32 heavy (non-hydrogen) atoms. The number of aromatic amines is 1. The predicted molar refractivity (Wildman–Crippen MR) is 115 cm³/mol. The molecule has 0 spiro atoms. The number of hydrogen-bond donors (Lipinski definition) is 1. The Morgan fingerprint density at radius 3 is 2.62 bits per heavy atom. The van der Waals surface area contributed by atoms with E-state index < -0.39 is 17.2 Å². The van der Waals surface area contributed by atoms with Gasteiger partial charge in [0.05, 0.1) is 5.69 Å². The second kappa shape index (κ2) is 8.06. The zero-order chi connectivity index (χ0) is 23.0. The van der Waals surface area contributed by atoms with Crippen LogP contribution in [0.2, 0.25) is 0 Å². The van der Waals surface area contributed by atoms with E-state index in [1.807, 2.05) is 0 Å². The van der Waals surface area contributed by atoms with Crippen LogP contribution in [-0.4, -0.2) is 31.3 Å². The fraction of sp³-hybridized carbons (Fsp3) is 0.136. The highest BCUT2D eigenvalue weighted by Gasteiger charge is 2.27. The number of halogens is 1. The van der Waals surface area contributed by atoms with Crippen LogP contribution in [0.3, 0.4) is 0 Å². The Kier molecular flexibility index (Phi) is 5.27. The fourth-order valence-corrected chi connectivity index (χ4v) is 3.57. The van der Waals surface area contributed by atoms with E-state index in [1.165, 1.54) is 26.1 Å². The Balaban J connectivity index is 1.96. The number of carbonyl (C=O) groups excluding carboxylic acids is 2. The van der Waals surface area contributed by atoms with Crippen LogP contribution in [0.15, 0.2) is 58.4 Å². The van der Waals surface area contributed by atoms with E-state index in [-0.39, 0.29) is 29.2 Å². The molecular formula is C22H18FN5O4. The standard InChI is InChI=1S/C22H18FN5O4/c1-13-19(21(31)26(2)22(32)25-13)28(18(30)12-29)17-11-27(20-16(17)4-3-9-24-20)10-14-5-7-15(23)8-6-14/h3-9,11-12H,10H2,1-2H3,(H,25,32). The Hall–Kier alpha value is -4.34. The van der Waals surface area contributed by atoms with Crippen LogP contribution in [0, 0.1) is 12.7 Å². The van der Waals surface area contributed by atoms with Crippen molar-refractivity contribution in [2.24, 2.45) is 7.05 Å². The Labute approximate surface area is 180 Å². The number of nitrogens with one attached hydrogen (secondary N) is 1. The zero-order valence-corrected chi connectivity index (χ0v) is 17.2. The van der Waals surface area contributed by atoms with E-state index in [0.717, 1.165) is 15.0 Å². The minimum atomic E-state index is -0.984. The molecule has 1 aromatic carbocycles. The van der Waals surface area contributed by atoms with Gasteiger partial charge in [0.1, 0.15) is 17.2 Å². The van der Waals surface area contributed by atoms with Crippen LogP contribution in [-0.2, 0) is 23.2 Å². The van der Waals surface area contributed by atoms with Gasteiger partial charge in [0.15, 0.2) is 0 Å². The number of aromatic nitrogens is 4. The third-order valence-corrected chi connectivity index (χ3v) is 5.13. The summed E-state index contributed by atoms with van der Waals surface area (Å²) >= 11 is 0. The van der Waals surface area contributed by atoms with E-state index in [0.29, 0.717) is 17.6 Å². The minimum absolute atomic E-state index is 0.101. The lowest BCUT2D eigenvalue weighted by molar-refractivity contribution is -0.129. The van der Waals surface area contributed by atoms with Crippen LogP contribution >= 0.6 is 0 Å². The molecule has 0 unspecified atom stereocenters. The first-order valence-corrected chi connectivity index (χ1v) is 9.59. The molecule has 3 aromatic heterocycles. The quantitative estimate of drug-likeness (QED) is 0.380. The molecule has 4 aromatic rings. The van der Waals surface area contributed by atoms with Gasteiger partial charge in [-0.05, 0) is 36.8 Å². The number of aldehydes is 1. The van der Waals surface area contributed by atoms with Gasteiger partial charge in [-0.1, -0.05) is 12.1 Å². The van der Waals surface area contributed by atoms with Crippen molar-refractivity contribution in [1.82, 2.24) is 19.1 Å². The summed E-state index contributed by atoms with van der Waals surface area (Å²) in [5.41, 5.74) is 0.143. The summed E-state index contributed by atoms with van der Waals surface area (Å²) < 4.78 is 15.8. The van der Waals surface area contributed by atoms with Crippen molar-refractivity contribution in [3.05, 3.63) is 86.7 Å². The average molecular weight is 435 g/mol. The Morgan fingerprint density at radius 1 is 1.22 bits per heavy atom. The number of amides is 1. The summed E-state index contributed by atoms with van der Waals surface area (Å²) in [6.07, 6.45) is 3.26. The van der Waals surface area contributed by atoms with Crippen LogP contribution in [0.1, 0.15) is 11.3 Å². The number of H-pyrrole nitrogens is 1. The van der Waals surface area contributed by atoms with Crippen molar-refractivity contribution in [2.75, 3.05) is 4.90 Å². The molecule has 0 radical (unpaired) electrons. The molecule has 0 aliphatic carbocycles. The highest BCUT2D eigenvalue weighted by molar-refractivity contribution is 6.33. The van der Waals surface area contributed by atoms with E-state index >= 15 is 0 Å². The van der Waals surface area contributed by atoms with E-state index in [2.05, 4.69) is 9.97 Å². The Morgan fingerprint density at radius 2 is 1.94 bits per heavy atom. The monoisotopic (exact) mass is 435 g/mol. The Bertz CT molecular complexity index is 1470. The molecule has 0 aliphatic rings. The topological polar surface area (TPSA) is 110 Å². The predicted octanol–water partition coefficient (Wildman–Crippen LogP) is 1.78. The molecule has 1 amide bonds. The second-order valence-electron chi connectivity index (χ2n) is 7.20. The lowest BCUT2D eigenvalue weighted by Gasteiger charge is -2.21. The average Bonchev–Trinajstić information content (AvgIpc) is 3.14. The van der Waals surface area contributed by atoms with E-state index in [1.54, 1.807) is 41.2 Å². The zero-order valence-electron chi connectivity index (χ0n) is 17.2. The molecule has 162 valence electrons. The van der Waals surface area contributed by atoms with Gasteiger partial charge in [-0.3, -0.25) is 23.9 Å². The van der Waals surface area contributed by atoms with Crippen LogP contribution < -0.4 is 16.1 Å². The third kappa shape index (κ3) is 3.51. The number of rotatable bonds is 5. The molecule has 10 heteroatoms. The summed E-state index contributed by atoms with van der Waals surface area (Å²) in [5, 5.41) is 0.512. The number of nitrogens with zero attached hydrogens (tertiary/aromatic N) is 4. The van der Waals surface area contributed by atoms with E-state index in [9.17, 15) is 23.6 Å². The maximum Gasteiger partial charge on any atom is 0.328 e. The summed E-state index contributed by atoms with van der Waals surface area (Å²) in [5.74, 6) is -1.35. The number of aryl methyl sites for hydroxylation is 1. The lowest BCUT2D eigenvalue weighted by Crippen LogP contribution is -2.40. The number of hydrogen-bond acceptors (Lipinski definition) is 5.